The number of anilines is 1. The lowest BCUT2D eigenvalue weighted by atomic mass is 10.1. The predicted molar refractivity (Wildman–Crippen MR) is 92.4 cm³/mol. The molecule has 3 rings (SSSR count). The minimum Gasteiger partial charge on any atom is -0.444 e. The van der Waals surface area contributed by atoms with Gasteiger partial charge in [-0.25, -0.2) is 4.98 Å². The molecule has 1 amide bonds. The Bertz CT molecular complexity index is 681. The third-order valence-corrected chi connectivity index (χ3v) is 4.49. The fourth-order valence-electron chi connectivity index (χ4n) is 2.88. The summed E-state index contributed by atoms with van der Waals surface area (Å²) in [5.74, 6) is 1.80. The van der Waals surface area contributed by atoms with Gasteiger partial charge in [0, 0.05) is 31.9 Å². The van der Waals surface area contributed by atoms with Gasteiger partial charge in [0.05, 0.1) is 18.7 Å². The van der Waals surface area contributed by atoms with Crippen LogP contribution in [-0.4, -0.2) is 46.9 Å². The van der Waals surface area contributed by atoms with Gasteiger partial charge in [-0.3, -0.25) is 9.69 Å². The van der Waals surface area contributed by atoms with Crippen LogP contribution in [-0.2, 0) is 17.8 Å². The Kier molecular flexibility index (Phi) is 4.85. The average Bonchev–Trinajstić information content (AvgIpc) is 2.88. The standard InChI is InChI=1S/C18H24N4O2/c1-13-14(2)24-17(20-13)12-21-7-9-22(10-8-21)18(23)11-15-3-5-16(19)6-4-15/h3-6H,7-12,19H2,1-2H3. The van der Waals surface area contributed by atoms with Gasteiger partial charge in [0.15, 0.2) is 0 Å². The molecule has 0 radical (unpaired) electrons. The fourth-order valence-corrected chi connectivity index (χ4v) is 2.88. The number of aryl methyl sites for hydroxylation is 2. The Morgan fingerprint density at radius 3 is 2.42 bits per heavy atom. The van der Waals surface area contributed by atoms with Crippen molar-refractivity contribution in [1.29, 1.82) is 0 Å². The quantitative estimate of drug-likeness (QED) is 0.866. The summed E-state index contributed by atoms with van der Waals surface area (Å²) < 4.78 is 5.64. The van der Waals surface area contributed by atoms with Gasteiger partial charge in [-0.15, -0.1) is 0 Å². The predicted octanol–water partition coefficient (Wildman–Crippen LogP) is 1.76. The molecule has 0 unspecified atom stereocenters. The van der Waals surface area contributed by atoms with Crippen LogP contribution < -0.4 is 5.73 Å². The van der Waals surface area contributed by atoms with E-state index in [4.69, 9.17) is 10.2 Å². The van der Waals surface area contributed by atoms with Crippen LogP contribution in [0.4, 0.5) is 5.69 Å². The number of oxazole rings is 1. The molecule has 1 saturated heterocycles. The Hall–Kier alpha value is -2.34. The molecule has 0 atom stereocenters. The number of rotatable bonds is 4. The van der Waals surface area contributed by atoms with Crippen LogP contribution >= 0.6 is 0 Å². The molecule has 1 aromatic heterocycles. The minimum atomic E-state index is 0.169. The van der Waals surface area contributed by atoms with Crippen molar-refractivity contribution in [3.8, 4) is 0 Å². The van der Waals surface area contributed by atoms with Crippen molar-refractivity contribution in [2.45, 2.75) is 26.8 Å². The van der Waals surface area contributed by atoms with E-state index in [9.17, 15) is 4.79 Å². The van der Waals surface area contributed by atoms with E-state index in [0.717, 1.165) is 54.8 Å². The molecule has 2 heterocycles. The Morgan fingerprint density at radius 2 is 1.83 bits per heavy atom. The maximum atomic E-state index is 12.4. The van der Waals surface area contributed by atoms with Crippen LogP contribution in [0.5, 0.6) is 0 Å². The fraction of sp³-hybridized carbons (Fsp3) is 0.444. The van der Waals surface area contributed by atoms with E-state index < -0.39 is 0 Å². The first-order chi connectivity index (χ1) is 11.5. The Balaban J connectivity index is 1.49. The van der Waals surface area contributed by atoms with E-state index in [1.807, 2.05) is 43.0 Å². The molecular weight excluding hydrogens is 304 g/mol. The van der Waals surface area contributed by atoms with Gasteiger partial charge < -0.3 is 15.1 Å². The number of hydrogen-bond acceptors (Lipinski definition) is 5. The third-order valence-electron chi connectivity index (χ3n) is 4.49. The largest absolute Gasteiger partial charge is 0.444 e. The molecule has 128 valence electrons. The molecule has 6 heteroatoms. The number of nitrogen functional groups attached to an aromatic ring is 1. The normalized spacial score (nSPS) is 15.7. The van der Waals surface area contributed by atoms with Gasteiger partial charge in [-0.2, -0.15) is 0 Å². The van der Waals surface area contributed by atoms with Crippen molar-refractivity contribution >= 4 is 11.6 Å². The first kappa shape index (κ1) is 16.5. The summed E-state index contributed by atoms with van der Waals surface area (Å²) in [6, 6.07) is 7.50. The molecule has 2 aromatic rings. The van der Waals surface area contributed by atoms with Gasteiger partial charge in [-0.1, -0.05) is 12.1 Å². The van der Waals surface area contributed by atoms with Gasteiger partial charge in [0.1, 0.15) is 5.76 Å². The summed E-state index contributed by atoms with van der Waals surface area (Å²) in [4.78, 5) is 21.0. The minimum absolute atomic E-state index is 0.169. The maximum absolute atomic E-state index is 12.4. The number of aromatic nitrogens is 1. The maximum Gasteiger partial charge on any atom is 0.227 e. The number of piperazine rings is 1. The Morgan fingerprint density at radius 1 is 1.17 bits per heavy atom. The number of carbonyl (C=O) groups is 1. The zero-order valence-electron chi connectivity index (χ0n) is 14.3. The van der Waals surface area contributed by atoms with E-state index >= 15 is 0 Å². The van der Waals surface area contributed by atoms with Crippen molar-refractivity contribution in [2.24, 2.45) is 0 Å². The number of benzene rings is 1. The summed E-state index contributed by atoms with van der Waals surface area (Å²) in [5, 5.41) is 0. The topological polar surface area (TPSA) is 75.6 Å². The van der Waals surface area contributed by atoms with Gasteiger partial charge >= 0.3 is 0 Å². The zero-order valence-corrected chi connectivity index (χ0v) is 14.3. The van der Waals surface area contributed by atoms with Crippen molar-refractivity contribution < 1.29 is 9.21 Å². The van der Waals surface area contributed by atoms with Crippen LogP contribution in [0.1, 0.15) is 22.9 Å². The average molecular weight is 328 g/mol. The van der Waals surface area contributed by atoms with Crippen molar-refractivity contribution in [1.82, 2.24) is 14.8 Å². The van der Waals surface area contributed by atoms with E-state index in [-0.39, 0.29) is 5.91 Å². The monoisotopic (exact) mass is 328 g/mol. The highest BCUT2D eigenvalue weighted by Gasteiger charge is 2.22. The second kappa shape index (κ2) is 7.05. The van der Waals surface area contributed by atoms with Crippen molar-refractivity contribution in [2.75, 3.05) is 31.9 Å². The molecular formula is C18H24N4O2. The first-order valence-electron chi connectivity index (χ1n) is 8.29. The van der Waals surface area contributed by atoms with Crippen LogP contribution in [0.25, 0.3) is 0 Å². The van der Waals surface area contributed by atoms with E-state index in [2.05, 4.69) is 9.88 Å². The smallest absolute Gasteiger partial charge is 0.227 e. The van der Waals surface area contributed by atoms with Crippen LogP contribution in [0.2, 0.25) is 0 Å². The van der Waals surface area contributed by atoms with E-state index in [1.165, 1.54) is 0 Å². The van der Waals surface area contributed by atoms with Crippen LogP contribution in [0.15, 0.2) is 28.7 Å². The molecule has 1 aliphatic rings. The number of hydrogen-bond donors (Lipinski definition) is 1. The van der Waals surface area contributed by atoms with Crippen molar-refractivity contribution in [3.63, 3.8) is 0 Å². The second-order valence-corrected chi connectivity index (χ2v) is 6.32. The van der Waals surface area contributed by atoms with E-state index in [1.54, 1.807) is 0 Å². The zero-order chi connectivity index (χ0) is 17.1. The molecule has 1 fully saturated rings. The number of nitrogens with zero attached hydrogens (tertiary/aromatic N) is 3. The molecule has 0 spiro atoms. The van der Waals surface area contributed by atoms with Crippen LogP contribution in [0.3, 0.4) is 0 Å². The Labute approximate surface area is 142 Å². The van der Waals surface area contributed by atoms with Crippen LogP contribution in [0, 0.1) is 13.8 Å². The highest BCUT2D eigenvalue weighted by atomic mass is 16.4. The number of nitrogens with two attached hydrogens (primary N) is 1. The molecule has 6 nitrogen and oxygen atoms in total. The summed E-state index contributed by atoms with van der Waals surface area (Å²) in [7, 11) is 0. The summed E-state index contributed by atoms with van der Waals surface area (Å²) in [6.45, 7) is 7.76. The first-order valence-corrected chi connectivity index (χ1v) is 8.29. The summed E-state index contributed by atoms with van der Waals surface area (Å²) in [5.41, 5.74) is 8.34. The lowest BCUT2D eigenvalue weighted by Crippen LogP contribution is -2.48. The highest BCUT2D eigenvalue weighted by molar-refractivity contribution is 5.79. The number of amides is 1. The van der Waals surface area contributed by atoms with Gasteiger partial charge in [0.2, 0.25) is 11.8 Å². The van der Waals surface area contributed by atoms with Crippen molar-refractivity contribution in [3.05, 3.63) is 47.2 Å². The molecule has 2 N–H and O–H groups in total. The lowest BCUT2D eigenvalue weighted by Gasteiger charge is -2.34. The van der Waals surface area contributed by atoms with Gasteiger partial charge in [-0.05, 0) is 31.5 Å². The molecule has 0 aliphatic carbocycles. The summed E-state index contributed by atoms with van der Waals surface area (Å²) in [6.07, 6.45) is 0.429. The second-order valence-electron chi connectivity index (χ2n) is 6.32. The van der Waals surface area contributed by atoms with E-state index in [0.29, 0.717) is 13.0 Å². The molecule has 1 aliphatic heterocycles. The molecule has 0 saturated carbocycles. The SMILES string of the molecule is Cc1nc(CN2CCN(C(=O)Cc3ccc(N)cc3)CC2)oc1C. The van der Waals surface area contributed by atoms with Gasteiger partial charge in [0.25, 0.3) is 0 Å². The summed E-state index contributed by atoms with van der Waals surface area (Å²) >= 11 is 0. The third kappa shape index (κ3) is 3.94. The highest BCUT2D eigenvalue weighted by Crippen LogP contribution is 2.13. The lowest BCUT2D eigenvalue weighted by molar-refractivity contribution is -0.132. The molecule has 0 bridgehead atoms. The number of carbonyl (C=O) groups excluding carboxylic acids is 1. The molecule has 24 heavy (non-hydrogen) atoms. The molecule has 1 aromatic carbocycles.